The number of likely N-dealkylation sites (tertiary alicyclic amines) is 1. The molecule has 1 spiro atoms. The second kappa shape index (κ2) is 7.50. The Hall–Kier alpha value is -0.980. The molecule has 3 heterocycles. The topological polar surface area (TPSA) is 45.7 Å². The number of aryl methyl sites for hydroxylation is 1. The Balaban J connectivity index is 1.52. The van der Waals surface area contributed by atoms with Crippen LogP contribution < -0.4 is 0 Å². The van der Waals surface area contributed by atoms with Crippen molar-refractivity contribution in [2.45, 2.75) is 51.2 Å². The molecule has 6 heteroatoms. The summed E-state index contributed by atoms with van der Waals surface area (Å²) in [6, 6.07) is 0. The summed E-state index contributed by atoms with van der Waals surface area (Å²) in [5, 5.41) is 0. The first kappa shape index (κ1) is 17.8. The summed E-state index contributed by atoms with van der Waals surface area (Å²) in [5.41, 5.74) is 3.11. The van der Waals surface area contributed by atoms with Gasteiger partial charge >= 0.3 is 0 Å². The van der Waals surface area contributed by atoms with E-state index in [9.17, 15) is 4.79 Å². The first-order chi connectivity index (χ1) is 11.5. The minimum absolute atomic E-state index is 0.00868. The van der Waals surface area contributed by atoms with Gasteiger partial charge in [-0.15, -0.1) is 11.3 Å². The second-order valence-corrected chi connectivity index (χ2v) is 8.46. The molecule has 0 saturated carbocycles. The Morgan fingerprint density at radius 3 is 2.83 bits per heavy atom. The fourth-order valence-electron chi connectivity index (χ4n) is 3.88. The predicted molar refractivity (Wildman–Crippen MR) is 96.1 cm³/mol. The van der Waals surface area contributed by atoms with Crippen molar-refractivity contribution in [1.29, 1.82) is 0 Å². The number of hydrogen-bond donors (Lipinski definition) is 0. The molecule has 2 aliphatic heterocycles. The summed E-state index contributed by atoms with van der Waals surface area (Å²) in [7, 11) is 3.69. The highest BCUT2D eigenvalue weighted by molar-refractivity contribution is 7.09. The maximum absolute atomic E-state index is 12.0. The number of piperidine rings is 1. The molecule has 3 rings (SSSR count). The minimum Gasteiger partial charge on any atom is -0.375 e. The zero-order valence-corrected chi connectivity index (χ0v) is 15.9. The quantitative estimate of drug-likeness (QED) is 0.837. The van der Waals surface area contributed by atoms with E-state index in [1.165, 1.54) is 4.88 Å². The van der Waals surface area contributed by atoms with Crippen LogP contribution in [0, 0.1) is 12.8 Å². The van der Waals surface area contributed by atoms with Crippen LogP contribution in [-0.4, -0.2) is 60.1 Å². The first-order valence-corrected chi connectivity index (χ1v) is 9.81. The van der Waals surface area contributed by atoms with Crippen molar-refractivity contribution >= 4 is 17.2 Å². The predicted octanol–water partition coefficient (Wildman–Crippen LogP) is 2.69. The average Bonchev–Trinajstić information content (AvgIpc) is 2.95. The number of hydrogen-bond acceptors (Lipinski definition) is 5. The summed E-state index contributed by atoms with van der Waals surface area (Å²) >= 11 is 1.75. The molecule has 0 N–H and O–H groups in total. The third-order valence-corrected chi connectivity index (χ3v) is 6.46. The standard InChI is InChI=1S/C18H29N3O2S/c1-14-16(24-13-19-14)12-21-7-5-18(6-8-21)11-15(4-9-23-18)10-17(22)20(2)3/h13,15H,4-12H2,1-3H3. The molecule has 1 amide bonds. The van der Waals surface area contributed by atoms with Crippen molar-refractivity contribution in [3.05, 3.63) is 16.1 Å². The van der Waals surface area contributed by atoms with E-state index in [1.807, 2.05) is 19.6 Å². The molecule has 134 valence electrons. The molecule has 5 nitrogen and oxygen atoms in total. The van der Waals surface area contributed by atoms with Gasteiger partial charge in [-0.1, -0.05) is 0 Å². The molecule has 2 aliphatic rings. The van der Waals surface area contributed by atoms with Crippen LogP contribution in [0.3, 0.4) is 0 Å². The molecular formula is C18H29N3O2S. The Morgan fingerprint density at radius 1 is 1.46 bits per heavy atom. The van der Waals surface area contributed by atoms with Crippen molar-refractivity contribution in [1.82, 2.24) is 14.8 Å². The van der Waals surface area contributed by atoms with Gasteiger partial charge in [0.15, 0.2) is 0 Å². The highest BCUT2D eigenvalue weighted by Crippen LogP contribution is 2.39. The van der Waals surface area contributed by atoms with Gasteiger partial charge in [-0.2, -0.15) is 0 Å². The Kier molecular flexibility index (Phi) is 5.57. The maximum atomic E-state index is 12.0. The number of ether oxygens (including phenoxy) is 1. The lowest BCUT2D eigenvalue weighted by Crippen LogP contribution is -2.49. The largest absolute Gasteiger partial charge is 0.375 e. The number of amides is 1. The highest BCUT2D eigenvalue weighted by Gasteiger charge is 2.40. The van der Waals surface area contributed by atoms with Crippen molar-refractivity contribution in [3.8, 4) is 0 Å². The van der Waals surface area contributed by atoms with E-state index >= 15 is 0 Å². The molecule has 2 saturated heterocycles. The third kappa shape index (κ3) is 4.16. The maximum Gasteiger partial charge on any atom is 0.222 e. The van der Waals surface area contributed by atoms with Crippen LogP contribution in [0.2, 0.25) is 0 Å². The monoisotopic (exact) mass is 351 g/mol. The second-order valence-electron chi connectivity index (χ2n) is 7.52. The number of carbonyl (C=O) groups excluding carboxylic acids is 1. The third-order valence-electron chi connectivity index (χ3n) is 5.54. The molecule has 2 fully saturated rings. The Bertz CT molecular complexity index is 564. The molecule has 0 bridgehead atoms. The van der Waals surface area contributed by atoms with Gasteiger partial charge in [0.2, 0.25) is 5.91 Å². The van der Waals surface area contributed by atoms with Crippen LogP contribution in [-0.2, 0) is 16.1 Å². The summed E-state index contributed by atoms with van der Waals surface area (Å²) in [6.07, 6.45) is 4.89. The van der Waals surface area contributed by atoms with Gasteiger partial charge in [-0.25, -0.2) is 4.98 Å². The van der Waals surface area contributed by atoms with E-state index in [0.717, 1.165) is 57.6 Å². The van der Waals surface area contributed by atoms with Crippen LogP contribution >= 0.6 is 11.3 Å². The lowest BCUT2D eigenvalue weighted by Gasteiger charge is -2.46. The van der Waals surface area contributed by atoms with E-state index in [4.69, 9.17) is 4.74 Å². The van der Waals surface area contributed by atoms with Gasteiger partial charge in [0.1, 0.15) is 0 Å². The zero-order chi connectivity index (χ0) is 17.2. The van der Waals surface area contributed by atoms with Crippen LogP contribution in [0.4, 0.5) is 0 Å². The van der Waals surface area contributed by atoms with E-state index in [2.05, 4.69) is 16.8 Å². The fourth-order valence-corrected chi connectivity index (χ4v) is 4.70. The molecule has 1 unspecified atom stereocenters. The van der Waals surface area contributed by atoms with Crippen molar-refractivity contribution < 1.29 is 9.53 Å². The van der Waals surface area contributed by atoms with Crippen molar-refractivity contribution in [2.24, 2.45) is 5.92 Å². The van der Waals surface area contributed by atoms with Crippen LogP contribution in [0.15, 0.2) is 5.51 Å². The van der Waals surface area contributed by atoms with E-state index < -0.39 is 0 Å². The summed E-state index contributed by atoms with van der Waals surface area (Å²) in [4.78, 5) is 22.0. The molecule has 1 atom stereocenters. The van der Waals surface area contributed by atoms with Crippen LogP contribution in [0.1, 0.15) is 42.7 Å². The molecule has 1 aromatic rings. The highest BCUT2D eigenvalue weighted by atomic mass is 32.1. The van der Waals surface area contributed by atoms with Gasteiger partial charge in [-0.05, 0) is 38.5 Å². The minimum atomic E-state index is 0.00868. The lowest BCUT2D eigenvalue weighted by molar-refractivity contribution is -0.140. The van der Waals surface area contributed by atoms with Crippen molar-refractivity contribution in [2.75, 3.05) is 33.8 Å². The molecular weight excluding hydrogens is 322 g/mol. The molecule has 0 radical (unpaired) electrons. The SMILES string of the molecule is Cc1ncsc1CN1CCC2(CC1)CC(CC(=O)N(C)C)CCO2. The number of thiazole rings is 1. The summed E-state index contributed by atoms with van der Waals surface area (Å²) < 4.78 is 6.22. The van der Waals surface area contributed by atoms with Crippen molar-refractivity contribution in [3.63, 3.8) is 0 Å². The smallest absolute Gasteiger partial charge is 0.222 e. The van der Waals surface area contributed by atoms with E-state index in [1.54, 1.807) is 16.2 Å². The van der Waals surface area contributed by atoms with E-state index in [-0.39, 0.29) is 11.5 Å². The Morgan fingerprint density at radius 2 is 2.21 bits per heavy atom. The van der Waals surface area contributed by atoms with Crippen LogP contribution in [0.5, 0.6) is 0 Å². The lowest BCUT2D eigenvalue weighted by atomic mass is 9.78. The molecule has 1 aromatic heterocycles. The van der Waals surface area contributed by atoms with Gasteiger partial charge in [-0.3, -0.25) is 9.69 Å². The summed E-state index contributed by atoms with van der Waals surface area (Å²) in [5.74, 6) is 0.721. The number of aromatic nitrogens is 1. The molecule has 0 aromatic carbocycles. The van der Waals surface area contributed by atoms with Gasteiger partial charge in [0.25, 0.3) is 0 Å². The fraction of sp³-hybridized carbons (Fsp3) is 0.778. The summed E-state index contributed by atoms with van der Waals surface area (Å²) in [6.45, 7) is 6.06. The normalized spacial score (nSPS) is 24.2. The van der Waals surface area contributed by atoms with Crippen LogP contribution in [0.25, 0.3) is 0 Å². The number of rotatable bonds is 4. The first-order valence-electron chi connectivity index (χ1n) is 8.93. The average molecular weight is 352 g/mol. The van der Waals surface area contributed by atoms with Gasteiger partial charge in [0, 0.05) is 51.6 Å². The van der Waals surface area contributed by atoms with E-state index in [0.29, 0.717) is 12.3 Å². The van der Waals surface area contributed by atoms with Gasteiger partial charge < -0.3 is 9.64 Å². The number of carbonyl (C=O) groups is 1. The Labute approximate surface area is 149 Å². The molecule has 24 heavy (non-hydrogen) atoms. The molecule has 0 aliphatic carbocycles. The number of nitrogens with zero attached hydrogens (tertiary/aromatic N) is 3. The van der Waals surface area contributed by atoms with Gasteiger partial charge in [0.05, 0.1) is 16.8 Å². The zero-order valence-electron chi connectivity index (χ0n) is 15.1.